The summed E-state index contributed by atoms with van der Waals surface area (Å²) in [5.41, 5.74) is 1.30. The highest BCUT2D eigenvalue weighted by molar-refractivity contribution is 6.11. The maximum absolute atomic E-state index is 13.2. The molecule has 13 nitrogen and oxygen atoms in total. The number of rotatable bonds is 8. The van der Waals surface area contributed by atoms with Crippen molar-refractivity contribution in [2.75, 3.05) is 55.0 Å². The second-order valence-electron chi connectivity index (χ2n) is 14.8. The van der Waals surface area contributed by atoms with Crippen LogP contribution in [0.5, 0.6) is 5.75 Å². The molecule has 0 bridgehead atoms. The Bertz CT molecular complexity index is 2310. The summed E-state index contributed by atoms with van der Waals surface area (Å²) in [6, 6.07) is 12.8. The zero-order valence-corrected chi connectivity index (χ0v) is 31.1. The molecule has 1 aliphatic carbocycles. The van der Waals surface area contributed by atoms with Gasteiger partial charge in [0, 0.05) is 85.5 Å². The molecule has 56 heavy (non-hydrogen) atoms. The fourth-order valence-electron chi connectivity index (χ4n) is 8.37. The number of amides is 4. The number of nitrogens with one attached hydrogen (secondary N) is 2. The van der Waals surface area contributed by atoms with E-state index in [4.69, 9.17) is 9.84 Å². The Morgan fingerprint density at radius 3 is 2.54 bits per heavy atom. The third kappa shape index (κ3) is 7.44. The van der Waals surface area contributed by atoms with Crippen molar-refractivity contribution in [3.63, 3.8) is 0 Å². The minimum atomic E-state index is -4.67. The van der Waals surface area contributed by atoms with Gasteiger partial charge in [0.1, 0.15) is 17.1 Å². The number of piperazine rings is 1. The van der Waals surface area contributed by atoms with Crippen molar-refractivity contribution in [1.29, 1.82) is 0 Å². The number of ether oxygens (including phenoxy) is 1. The number of methoxy groups -OCH3 is 1. The summed E-state index contributed by atoms with van der Waals surface area (Å²) in [5.74, 6) is -0.142. The van der Waals surface area contributed by atoms with E-state index in [0.717, 1.165) is 85.8 Å². The predicted octanol–water partition coefficient (Wildman–Crippen LogP) is 6.65. The Balaban J connectivity index is 0.881. The van der Waals surface area contributed by atoms with E-state index in [1.807, 2.05) is 29.2 Å². The van der Waals surface area contributed by atoms with Gasteiger partial charge in [-0.25, -0.2) is 9.78 Å². The van der Waals surface area contributed by atoms with Crippen LogP contribution in [0.3, 0.4) is 0 Å². The van der Waals surface area contributed by atoms with Gasteiger partial charge in [-0.3, -0.25) is 34.4 Å². The van der Waals surface area contributed by atoms with Gasteiger partial charge < -0.3 is 15.0 Å². The number of hydrogen-bond donors (Lipinski definition) is 2. The third-order valence-corrected chi connectivity index (χ3v) is 11.2. The molecule has 5 heterocycles. The standard InChI is InChI=1S/C40H42F3N9O4/c1-24-21-49(15-16-50(24)33-7-3-5-28-29(33)19-44-20-34(28)51-14-13-37(53)47-39(51)55)22-25-9-11-27(12-10-25)52-23-26-17-32(35(56-2)18-31(26)48-52)46-38(54)30-6-4-8-36(45-30)40(41,42)43/h3-8,17-20,23-25,27H,9-16,21-22H2,1-2H3,(H,46,54)(H,47,53,55)/t24-,25-,27-/m1/s1. The van der Waals surface area contributed by atoms with Gasteiger partial charge in [0.2, 0.25) is 5.91 Å². The minimum absolute atomic E-state index is 0.217. The first-order chi connectivity index (χ1) is 26.9. The zero-order valence-electron chi connectivity index (χ0n) is 31.1. The summed E-state index contributed by atoms with van der Waals surface area (Å²) in [7, 11) is 1.46. The van der Waals surface area contributed by atoms with Crippen LogP contribution >= 0.6 is 0 Å². The van der Waals surface area contributed by atoms with Crippen molar-refractivity contribution in [3.8, 4) is 5.75 Å². The number of urea groups is 1. The van der Waals surface area contributed by atoms with Gasteiger partial charge in [0.15, 0.2) is 0 Å². The van der Waals surface area contributed by atoms with Gasteiger partial charge in [-0.1, -0.05) is 18.2 Å². The molecule has 3 aromatic heterocycles. The van der Waals surface area contributed by atoms with Crippen LogP contribution in [0.4, 0.5) is 35.0 Å². The van der Waals surface area contributed by atoms with E-state index in [9.17, 15) is 27.6 Å². The number of anilines is 3. The molecule has 2 N–H and O–H groups in total. The Morgan fingerprint density at radius 2 is 1.79 bits per heavy atom. The summed E-state index contributed by atoms with van der Waals surface area (Å²) in [4.78, 5) is 51.9. The molecule has 0 unspecified atom stereocenters. The SMILES string of the molecule is COc1cc2nn([C@H]3CC[C@H](CN4CCN(c5cccc6c(N7CCC(=O)NC7=O)cncc56)[C@H](C)C4)CC3)cc2cc1NC(=O)c1cccc(C(F)(F)F)n1. The Hall–Kier alpha value is -5.77. The molecule has 3 aliphatic rings. The highest BCUT2D eigenvalue weighted by atomic mass is 19.4. The molecule has 2 aromatic carbocycles. The van der Waals surface area contributed by atoms with Crippen molar-refractivity contribution in [2.24, 2.45) is 5.92 Å². The molecular formula is C40H42F3N9O4. The van der Waals surface area contributed by atoms with Crippen LogP contribution < -0.4 is 25.2 Å². The summed E-state index contributed by atoms with van der Waals surface area (Å²) in [5, 5.41) is 12.6. The van der Waals surface area contributed by atoms with Crippen molar-refractivity contribution in [2.45, 2.75) is 57.3 Å². The smallest absolute Gasteiger partial charge is 0.433 e. The van der Waals surface area contributed by atoms with E-state index in [1.165, 1.54) is 13.2 Å². The van der Waals surface area contributed by atoms with Crippen molar-refractivity contribution >= 4 is 56.6 Å². The van der Waals surface area contributed by atoms with Crippen LogP contribution in [0.2, 0.25) is 0 Å². The van der Waals surface area contributed by atoms with E-state index in [-0.39, 0.29) is 30.1 Å². The first kappa shape index (κ1) is 37.2. The van der Waals surface area contributed by atoms with Crippen LogP contribution in [-0.4, -0.2) is 88.4 Å². The maximum atomic E-state index is 13.2. The lowest BCUT2D eigenvalue weighted by molar-refractivity contribution is -0.141. The average molecular weight is 770 g/mol. The Labute approximate surface area is 320 Å². The summed E-state index contributed by atoms with van der Waals surface area (Å²) < 4.78 is 47.0. The Kier molecular flexibility index (Phi) is 9.99. The maximum Gasteiger partial charge on any atom is 0.433 e. The predicted molar refractivity (Wildman–Crippen MR) is 205 cm³/mol. The number of carbonyl (C=O) groups excluding carboxylic acids is 3. The average Bonchev–Trinajstić information content (AvgIpc) is 3.60. The molecular weight excluding hydrogens is 727 g/mol. The van der Waals surface area contributed by atoms with Crippen LogP contribution in [0.25, 0.3) is 21.7 Å². The van der Waals surface area contributed by atoms with Gasteiger partial charge in [0.05, 0.1) is 36.2 Å². The zero-order chi connectivity index (χ0) is 39.1. The lowest BCUT2D eigenvalue weighted by Gasteiger charge is -2.43. The third-order valence-electron chi connectivity index (χ3n) is 11.2. The molecule has 8 rings (SSSR count). The quantitative estimate of drug-likeness (QED) is 0.178. The summed E-state index contributed by atoms with van der Waals surface area (Å²) in [6.45, 7) is 6.31. The van der Waals surface area contributed by atoms with E-state index in [2.05, 4.69) is 43.4 Å². The number of imide groups is 1. The topological polar surface area (TPSA) is 138 Å². The highest BCUT2D eigenvalue weighted by Gasteiger charge is 2.34. The molecule has 5 aromatic rings. The fraction of sp³-hybridized carbons (Fsp3) is 0.400. The lowest BCUT2D eigenvalue weighted by Crippen LogP contribution is -2.53. The second kappa shape index (κ2) is 15.0. The number of alkyl halides is 3. The summed E-state index contributed by atoms with van der Waals surface area (Å²) in [6.07, 6.45) is 5.17. The Morgan fingerprint density at radius 1 is 0.982 bits per heavy atom. The molecule has 1 atom stereocenters. The van der Waals surface area contributed by atoms with Crippen molar-refractivity contribution in [3.05, 3.63) is 78.5 Å². The first-order valence-electron chi connectivity index (χ1n) is 18.8. The van der Waals surface area contributed by atoms with Gasteiger partial charge in [-0.05, 0) is 62.8 Å². The molecule has 0 radical (unpaired) electrons. The van der Waals surface area contributed by atoms with Gasteiger partial charge in [0.25, 0.3) is 5.91 Å². The number of aromatic nitrogens is 4. The van der Waals surface area contributed by atoms with Gasteiger partial charge >= 0.3 is 12.2 Å². The largest absolute Gasteiger partial charge is 0.494 e. The highest BCUT2D eigenvalue weighted by Crippen LogP contribution is 2.38. The van der Waals surface area contributed by atoms with Crippen molar-refractivity contribution < 1.29 is 32.3 Å². The number of benzene rings is 2. The molecule has 292 valence electrons. The second-order valence-corrected chi connectivity index (χ2v) is 14.8. The molecule has 16 heteroatoms. The first-order valence-corrected chi connectivity index (χ1v) is 18.8. The van der Waals surface area contributed by atoms with E-state index in [1.54, 1.807) is 23.2 Å². The van der Waals surface area contributed by atoms with Crippen LogP contribution in [0.15, 0.2) is 67.1 Å². The number of nitrogens with zero attached hydrogens (tertiary/aromatic N) is 7. The van der Waals surface area contributed by atoms with Gasteiger partial charge in [-0.2, -0.15) is 18.3 Å². The number of carbonyl (C=O) groups is 3. The normalized spacial score (nSPS) is 21.1. The molecule has 4 amide bonds. The van der Waals surface area contributed by atoms with Crippen molar-refractivity contribution in [1.82, 2.24) is 30.0 Å². The number of hydrogen-bond acceptors (Lipinski definition) is 9. The summed E-state index contributed by atoms with van der Waals surface area (Å²) >= 11 is 0. The minimum Gasteiger partial charge on any atom is -0.494 e. The van der Waals surface area contributed by atoms with E-state index in [0.29, 0.717) is 35.1 Å². The fourth-order valence-corrected chi connectivity index (χ4v) is 8.37. The van der Waals surface area contributed by atoms with Crippen LogP contribution in [0.1, 0.15) is 61.3 Å². The molecule has 2 aliphatic heterocycles. The number of pyridine rings is 2. The molecule has 3 fully saturated rings. The molecule has 0 spiro atoms. The monoisotopic (exact) mass is 769 g/mol. The molecule has 2 saturated heterocycles. The molecule has 1 saturated carbocycles. The van der Waals surface area contributed by atoms with E-state index < -0.39 is 23.8 Å². The number of halogens is 3. The van der Waals surface area contributed by atoms with E-state index >= 15 is 0 Å². The van der Waals surface area contributed by atoms with Crippen LogP contribution in [-0.2, 0) is 11.0 Å². The number of fused-ring (bicyclic) bond motifs is 2. The van der Waals surface area contributed by atoms with Crippen LogP contribution in [0, 0.1) is 5.92 Å². The van der Waals surface area contributed by atoms with Gasteiger partial charge in [-0.15, -0.1) is 0 Å². The lowest BCUT2D eigenvalue weighted by atomic mass is 9.85.